The standard InChI is InChI=1S/C23H21N5O/c1-27(2)18-12-9-17(10-13-18)11-14-21-24-22(19-7-3-4-8-20(19)29)26-23(25-21)28-15-5-6-16-28/h3-16,29H,1-2H3. The average Bonchev–Trinajstić information content (AvgIpc) is 3.28. The summed E-state index contributed by atoms with van der Waals surface area (Å²) in [6.07, 6.45) is 7.56. The van der Waals surface area contributed by atoms with Crippen LogP contribution in [-0.4, -0.2) is 38.7 Å². The maximum Gasteiger partial charge on any atom is 0.237 e. The van der Waals surface area contributed by atoms with E-state index in [1.165, 1.54) is 0 Å². The Bertz CT molecular complexity index is 1130. The molecule has 144 valence electrons. The molecule has 0 aliphatic heterocycles. The fourth-order valence-corrected chi connectivity index (χ4v) is 2.88. The first kappa shape index (κ1) is 18.4. The van der Waals surface area contributed by atoms with E-state index in [1.54, 1.807) is 18.2 Å². The Hall–Kier alpha value is -3.93. The van der Waals surface area contributed by atoms with Gasteiger partial charge in [0.1, 0.15) is 5.75 Å². The van der Waals surface area contributed by atoms with E-state index >= 15 is 0 Å². The monoisotopic (exact) mass is 383 g/mol. The van der Waals surface area contributed by atoms with Crippen LogP contribution in [0.1, 0.15) is 11.4 Å². The van der Waals surface area contributed by atoms with E-state index in [0.717, 1.165) is 11.3 Å². The first-order valence-corrected chi connectivity index (χ1v) is 9.23. The Morgan fingerprint density at radius 2 is 1.55 bits per heavy atom. The molecule has 29 heavy (non-hydrogen) atoms. The van der Waals surface area contributed by atoms with Gasteiger partial charge in [0.15, 0.2) is 11.6 Å². The second kappa shape index (κ2) is 7.98. The van der Waals surface area contributed by atoms with Crippen molar-refractivity contribution in [2.45, 2.75) is 0 Å². The molecule has 6 nitrogen and oxygen atoms in total. The Morgan fingerprint density at radius 1 is 0.828 bits per heavy atom. The summed E-state index contributed by atoms with van der Waals surface area (Å²) in [6.45, 7) is 0. The van der Waals surface area contributed by atoms with Gasteiger partial charge in [0.05, 0.1) is 5.56 Å². The van der Waals surface area contributed by atoms with Crippen LogP contribution in [0.15, 0.2) is 73.1 Å². The number of rotatable bonds is 5. The summed E-state index contributed by atoms with van der Waals surface area (Å²) >= 11 is 0. The highest BCUT2D eigenvalue weighted by Gasteiger charge is 2.11. The van der Waals surface area contributed by atoms with Crippen molar-refractivity contribution in [1.82, 2.24) is 19.5 Å². The third-order valence-electron chi connectivity index (χ3n) is 4.46. The van der Waals surface area contributed by atoms with Crippen molar-refractivity contribution >= 4 is 17.8 Å². The highest BCUT2D eigenvalue weighted by molar-refractivity contribution is 5.70. The van der Waals surface area contributed by atoms with Crippen LogP contribution >= 0.6 is 0 Å². The molecule has 2 heterocycles. The van der Waals surface area contributed by atoms with Gasteiger partial charge in [-0.25, -0.2) is 4.98 Å². The molecule has 0 unspecified atom stereocenters. The third kappa shape index (κ3) is 4.16. The number of para-hydroxylation sites is 1. The fraction of sp³-hybridized carbons (Fsp3) is 0.0870. The largest absolute Gasteiger partial charge is 0.507 e. The normalized spacial score (nSPS) is 11.1. The predicted molar refractivity (Wildman–Crippen MR) is 116 cm³/mol. The molecule has 0 aliphatic rings. The lowest BCUT2D eigenvalue weighted by Crippen LogP contribution is -2.07. The molecular formula is C23H21N5O. The number of aromatic nitrogens is 4. The van der Waals surface area contributed by atoms with Gasteiger partial charge in [-0.1, -0.05) is 30.3 Å². The zero-order valence-corrected chi connectivity index (χ0v) is 16.3. The molecule has 4 rings (SSSR count). The predicted octanol–water partition coefficient (Wildman–Crippen LogP) is 4.27. The molecule has 0 saturated carbocycles. The Balaban J connectivity index is 1.73. The van der Waals surface area contributed by atoms with Gasteiger partial charge in [-0.15, -0.1) is 0 Å². The summed E-state index contributed by atoms with van der Waals surface area (Å²) in [5, 5.41) is 10.2. The van der Waals surface area contributed by atoms with Gasteiger partial charge >= 0.3 is 0 Å². The van der Waals surface area contributed by atoms with Crippen LogP contribution in [0.3, 0.4) is 0 Å². The van der Waals surface area contributed by atoms with Gasteiger partial charge in [-0.3, -0.25) is 4.57 Å². The summed E-state index contributed by atoms with van der Waals surface area (Å²) in [6, 6.07) is 19.1. The van der Waals surface area contributed by atoms with Crippen LogP contribution in [0.2, 0.25) is 0 Å². The number of nitrogens with zero attached hydrogens (tertiary/aromatic N) is 5. The summed E-state index contributed by atoms with van der Waals surface area (Å²) < 4.78 is 1.81. The van der Waals surface area contributed by atoms with E-state index in [-0.39, 0.29) is 5.75 Å². The van der Waals surface area contributed by atoms with Crippen molar-refractivity contribution in [3.63, 3.8) is 0 Å². The molecule has 0 bridgehead atoms. The van der Waals surface area contributed by atoms with Gasteiger partial charge in [0, 0.05) is 32.2 Å². The van der Waals surface area contributed by atoms with Crippen molar-refractivity contribution in [3.8, 4) is 23.1 Å². The Kier molecular flexibility index (Phi) is 5.07. The van der Waals surface area contributed by atoms with E-state index < -0.39 is 0 Å². The number of phenolic OH excluding ortho intramolecular Hbond substituents is 1. The van der Waals surface area contributed by atoms with E-state index in [9.17, 15) is 5.11 Å². The lowest BCUT2D eigenvalue weighted by molar-refractivity contribution is 0.477. The molecule has 0 radical (unpaired) electrons. The minimum absolute atomic E-state index is 0.131. The van der Waals surface area contributed by atoms with Crippen molar-refractivity contribution in [2.24, 2.45) is 0 Å². The van der Waals surface area contributed by atoms with Crippen LogP contribution < -0.4 is 4.90 Å². The molecule has 4 aromatic rings. The number of anilines is 1. The van der Waals surface area contributed by atoms with Crippen molar-refractivity contribution in [1.29, 1.82) is 0 Å². The maximum atomic E-state index is 10.2. The zero-order chi connectivity index (χ0) is 20.2. The Morgan fingerprint density at radius 3 is 2.24 bits per heavy atom. The zero-order valence-electron chi connectivity index (χ0n) is 16.3. The lowest BCUT2D eigenvalue weighted by Gasteiger charge is -2.11. The van der Waals surface area contributed by atoms with Gasteiger partial charge in [0.25, 0.3) is 0 Å². The highest BCUT2D eigenvalue weighted by atomic mass is 16.3. The third-order valence-corrected chi connectivity index (χ3v) is 4.46. The Labute approximate surface area is 169 Å². The second-order valence-corrected chi connectivity index (χ2v) is 6.74. The number of benzene rings is 2. The minimum Gasteiger partial charge on any atom is -0.507 e. The van der Waals surface area contributed by atoms with Gasteiger partial charge in [0.2, 0.25) is 5.95 Å². The molecule has 0 aliphatic carbocycles. The van der Waals surface area contributed by atoms with Crippen LogP contribution in [0, 0.1) is 0 Å². The minimum atomic E-state index is 0.131. The molecular weight excluding hydrogens is 362 g/mol. The van der Waals surface area contributed by atoms with Gasteiger partial charge in [-0.2, -0.15) is 9.97 Å². The quantitative estimate of drug-likeness (QED) is 0.557. The summed E-state index contributed by atoms with van der Waals surface area (Å²) in [4.78, 5) is 15.7. The smallest absolute Gasteiger partial charge is 0.237 e. The van der Waals surface area contributed by atoms with Crippen molar-refractivity contribution in [2.75, 3.05) is 19.0 Å². The average molecular weight is 383 g/mol. The van der Waals surface area contributed by atoms with Gasteiger partial charge < -0.3 is 10.0 Å². The molecule has 1 N–H and O–H groups in total. The van der Waals surface area contributed by atoms with Gasteiger partial charge in [-0.05, 0) is 48.0 Å². The van der Waals surface area contributed by atoms with E-state index in [4.69, 9.17) is 0 Å². The topological polar surface area (TPSA) is 67.1 Å². The number of hydrogen-bond donors (Lipinski definition) is 1. The van der Waals surface area contributed by atoms with Crippen LogP contribution in [-0.2, 0) is 0 Å². The molecule has 0 saturated heterocycles. The van der Waals surface area contributed by atoms with E-state index in [2.05, 4.69) is 32.0 Å². The number of phenols is 1. The summed E-state index contributed by atoms with van der Waals surface area (Å²) in [7, 11) is 4.03. The summed E-state index contributed by atoms with van der Waals surface area (Å²) in [5.41, 5.74) is 2.75. The second-order valence-electron chi connectivity index (χ2n) is 6.74. The SMILES string of the molecule is CN(C)c1ccc(C=Cc2nc(-c3ccccc3O)nc(-n3cccc3)n2)cc1. The molecule has 0 fully saturated rings. The molecule has 0 amide bonds. The van der Waals surface area contributed by atoms with Crippen molar-refractivity contribution in [3.05, 3.63) is 84.4 Å². The lowest BCUT2D eigenvalue weighted by atomic mass is 10.2. The van der Waals surface area contributed by atoms with Crippen molar-refractivity contribution < 1.29 is 5.11 Å². The first-order valence-electron chi connectivity index (χ1n) is 9.23. The first-order chi connectivity index (χ1) is 14.1. The van der Waals surface area contributed by atoms with E-state index in [0.29, 0.717) is 23.2 Å². The number of hydrogen-bond acceptors (Lipinski definition) is 5. The molecule has 2 aromatic carbocycles. The molecule has 0 spiro atoms. The van der Waals surface area contributed by atoms with E-state index in [1.807, 2.05) is 73.5 Å². The molecule has 2 aromatic heterocycles. The van der Waals surface area contributed by atoms with Crippen LogP contribution in [0.25, 0.3) is 29.5 Å². The number of aromatic hydroxyl groups is 1. The molecule has 0 atom stereocenters. The highest BCUT2D eigenvalue weighted by Crippen LogP contribution is 2.26. The summed E-state index contributed by atoms with van der Waals surface area (Å²) in [5.74, 6) is 1.56. The fourth-order valence-electron chi connectivity index (χ4n) is 2.88. The molecule has 6 heteroatoms. The van der Waals surface area contributed by atoms with Crippen LogP contribution in [0.5, 0.6) is 5.75 Å². The maximum absolute atomic E-state index is 10.2. The van der Waals surface area contributed by atoms with Crippen LogP contribution in [0.4, 0.5) is 5.69 Å².